The summed E-state index contributed by atoms with van der Waals surface area (Å²) in [7, 11) is 0. The number of rotatable bonds is 3. The lowest BCUT2D eigenvalue weighted by atomic mass is 9.80. The number of unbranched alkanes of at least 4 members (excludes halogenated alkanes) is 1. The van der Waals surface area contributed by atoms with E-state index >= 15 is 0 Å². The zero-order valence-electron chi connectivity index (χ0n) is 9.84. The maximum Gasteiger partial charge on any atom is 0.0127 e. The average molecular weight is 195 g/mol. The first kappa shape index (κ1) is 10.5. The van der Waals surface area contributed by atoms with Crippen LogP contribution in [0.2, 0.25) is 0 Å². The topological polar surface area (TPSA) is 3.24 Å². The molecule has 2 fully saturated rings. The largest absolute Gasteiger partial charge is 0.300 e. The van der Waals surface area contributed by atoms with Crippen LogP contribution < -0.4 is 0 Å². The number of likely N-dealkylation sites (tertiary alicyclic amines) is 1. The Hall–Kier alpha value is -0.0400. The summed E-state index contributed by atoms with van der Waals surface area (Å²) in [4.78, 5) is 2.79. The van der Waals surface area contributed by atoms with Crippen molar-refractivity contribution in [3.05, 3.63) is 0 Å². The lowest BCUT2D eigenvalue weighted by Gasteiger charge is -2.32. The van der Waals surface area contributed by atoms with E-state index < -0.39 is 0 Å². The van der Waals surface area contributed by atoms with E-state index in [1.54, 1.807) is 0 Å². The summed E-state index contributed by atoms with van der Waals surface area (Å²) in [6.07, 6.45) is 8.72. The minimum atomic E-state index is 0.963. The molecule has 1 heterocycles. The Kier molecular flexibility index (Phi) is 3.48. The Morgan fingerprint density at radius 1 is 1.21 bits per heavy atom. The third-order valence-electron chi connectivity index (χ3n) is 4.30. The van der Waals surface area contributed by atoms with Gasteiger partial charge in [-0.05, 0) is 37.6 Å². The molecule has 0 aromatic rings. The van der Waals surface area contributed by atoms with Crippen molar-refractivity contribution in [1.29, 1.82) is 0 Å². The third-order valence-corrected chi connectivity index (χ3v) is 4.30. The fourth-order valence-electron chi connectivity index (χ4n) is 3.52. The van der Waals surface area contributed by atoms with Crippen LogP contribution in [0, 0.1) is 11.8 Å². The SMILES string of the molecule is CCCCN1CC(C)C2CCCCC21. The second-order valence-corrected chi connectivity index (χ2v) is 5.34. The lowest BCUT2D eigenvalue weighted by molar-refractivity contribution is 0.178. The van der Waals surface area contributed by atoms with Crippen LogP contribution in [0.1, 0.15) is 52.4 Å². The zero-order valence-corrected chi connectivity index (χ0v) is 9.84. The van der Waals surface area contributed by atoms with Gasteiger partial charge in [0.2, 0.25) is 0 Å². The molecule has 1 saturated carbocycles. The molecule has 3 atom stereocenters. The summed E-state index contributed by atoms with van der Waals surface area (Å²) in [6.45, 7) is 7.52. The van der Waals surface area contributed by atoms with Crippen molar-refractivity contribution >= 4 is 0 Å². The van der Waals surface area contributed by atoms with E-state index in [1.807, 2.05) is 0 Å². The molecule has 0 aromatic heterocycles. The molecule has 1 nitrogen and oxygen atoms in total. The van der Waals surface area contributed by atoms with Crippen molar-refractivity contribution in [3.8, 4) is 0 Å². The van der Waals surface area contributed by atoms with Crippen molar-refractivity contribution in [2.24, 2.45) is 11.8 Å². The Balaban J connectivity index is 1.92. The van der Waals surface area contributed by atoms with Crippen LogP contribution in [0.3, 0.4) is 0 Å². The van der Waals surface area contributed by atoms with Crippen LogP contribution in [0.15, 0.2) is 0 Å². The molecule has 1 saturated heterocycles. The van der Waals surface area contributed by atoms with Crippen LogP contribution in [-0.2, 0) is 0 Å². The van der Waals surface area contributed by atoms with Gasteiger partial charge in [-0.25, -0.2) is 0 Å². The molecule has 3 unspecified atom stereocenters. The molecule has 2 aliphatic rings. The van der Waals surface area contributed by atoms with E-state index in [4.69, 9.17) is 0 Å². The van der Waals surface area contributed by atoms with E-state index in [1.165, 1.54) is 51.6 Å². The van der Waals surface area contributed by atoms with Crippen molar-refractivity contribution in [3.63, 3.8) is 0 Å². The fraction of sp³-hybridized carbons (Fsp3) is 1.00. The molecule has 1 aliphatic heterocycles. The second-order valence-electron chi connectivity index (χ2n) is 5.34. The predicted molar refractivity (Wildman–Crippen MR) is 61.4 cm³/mol. The van der Waals surface area contributed by atoms with Gasteiger partial charge in [0.05, 0.1) is 0 Å². The summed E-state index contributed by atoms with van der Waals surface area (Å²) in [6, 6.07) is 0.963. The molecule has 0 N–H and O–H groups in total. The highest BCUT2D eigenvalue weighted by Crippen LogP contribution is 2.39. The zero-order chi connectivity index (χ0) is 9.97. The van der Waals surface area contributed by atoms with Crippen molar-refractivity contribution in [2.75, 3.05) is 13.1 Å². The molecule has 14 heavy (non-hydrogen) atoms. The number of hydrogen-bond donors (Lipinski definition) is 0. The van der Waals surface area contributed by atoms with Gasteiger partial charge in [-0.1, -0.05) is 33.1 Å². The van der Waals surface area contributed by atoms with E-state index in [2.05, 4.69) is 18.7 Å². The van der Waals surface area contributed by atoms with Gasteiger partial charge in [0.1, 0.15) is 0 Å². The van der Waals surface area contributed by atoms with Crippen LogP contribution in [0.4, 0.5) is 0 Å². The number of fused-ring (bicyclic) bond motifs is 1. The molecular formula is C13H25N. The molecule has 0 spiro atoms. The molecule has 0 amide bonds. The van der Waals surface area contributed by atoms with Gasteiger partial charge in [0.15, 0.2) is 0 Å². The Labute approximate surface area is 88.9 Å². The van der Waals surface area contributed by atoms with Gasteiger partial charge in [-0.15, -0.1) is 0 Å². The summed E-state index contributed by atoms with van der Waals surface area (Å²) in [5, 5.41) is 0. The van der Waals surface area contributed by atoms with Gasteiger partial charge in [0, 0.05) is 12.6 Å². The lowest BCUT2D eigenvalue weighted by Crippen LogP contribution is -2.35. The highest BCUT2D eigenvalue weighted by molar-refractivity contribution is 4.93. The summed E-state index contributed by atoms with van der Waals surface area (Å²) in [5.74, 6) is 2.01. The second kappa shape index (κ2) is 4.65. The average Bonchev–Trinajstić information content (AvgIpc) is 2.54. The van der Waals surface area contributed by atoms with Crippen molar-refractivity contribution in [1.82, 2.24) is 4.90 Å². The maximum absolute atomic E-state index is 2.79. The molecule has 0 aromatic carbocycles. The maximum atomic E-state index is 2.79. The van der Waals surface area contributed by atoms with Crippen LogP contribution in [0.5, 0.6) is 0 Å². The Morgan fingerprint density at radius 2 is 2.00 bits per heavy atom. The van der Waals surface area contributed by atoms with Gasteiger partial charge in [0.25, 0.3) is 0 Å². The molecule has 0 radical (unpaired) electrons. The highest BCUT2D eigenvalue weighted by Gasteiger charge is 2.39. The first-order valence-electron chi connectivity index (χ1n) is 6.57. The van der Waals surface area contributed by atoms with E-state index in [0.717, 1.165) is 17.9 Å². The van der Waals surface area contributed by atoms with E-state index in [0.29, 0.717) is 0 Å². The quantitative estimate of drug-likeness (QED) is 0.668. The summed E-state index contributed by atoms with van der Waals surface area (Å²) < 4.78 is 0. The highest BCUT2D eigenvalue weighted by atomic mass is 15.2. The number of hydrogen-bond acceptors (Lipinski definition) is 1. The Bertz CT molecular complexity index is 178. The molecule has 2 rings (SSSR count). The van der Waals surface area contributed by atoms with Crippen molar-refractivity contribution in [2.45, 2.75) is 58.4 Å². The minimum Gasteiger partial charge on any atom is -0.300 e. The Morgan fingerprint density at radius 3 is 2.79 bits per heavy atom. The smallest absolute Gasteiger partial charge is 0.0127 e. The monoisotopic (exact) mass is 195 g/mol. The predicted octanol–water partition coefficient (Wildman–Crippen LogP) is 3.30. The molecule has 1 aliphatic carbocycles. The van der Waals surface area contributed by atoms with Crippen LogP contribution >= 0.6 is 0 Å². The van der Waals surface area contributed by atoms with Gasteiger partial charge in [-0.2, -0.15) is 0 Å². The summed E-state index contributed by atoms with van der Waals surface area (Å²) in [5.41, 5.74) is 0. The van der Waals surface area contributed by atoms with Crippen LogP contribution in [0.25, 0.3) is 0 Å². The molecule has 0 bridgehead atoms. The van der Waals surface area contributed by atoms with Gasteiger partial charge < -0.3 is 0 Å². The third kappa shape index (κ3) is 1.98. The molecular weight excluding hydrogens is 170 g/mol. The first-order valence-corrected chi connectivity index (χ1v) is 6.57. The van der Waals surface area contributed by atoms with Gasteiger partial charge >= 0.3 is 0 Å². The fourth-order valence-corrected chi connectivity index (χ4v) is 3.52. The van der Waals surface area contributed by atoms with Gasteiger partial charge in [-0.3, -0.25) is 4.90 Å². The molecule has 82 valence electrons. The summed E-state index contributed by atoms with van der Waals surface area (Å²) >= 11 is 0. The van der Waals surface area contributed by atoms with Crippen LogP contribution in [-0.4, -0.2) is 24.0 Å². The minimum absolute atomic E-state index is 0.963. The van der Waals surface area contributed by atoms with Crippen molar-refractivity contribution < 1.29 is 0 Å². The normalized spacial score (nSPS) is 38.6. The number of nitrogens with zero attached hydrogens (tertiary/aromatic N) is 1. The first-order chi connectivity index (χ1) is 6.83. The molecule has 1 heteroatoms. The van der Waals surface area contributed by atoms with E-state index in [-0.39, 0.29) is 0 Å². The van der Waals surface area contributed by atoms with E-state index in [9.17, 15) is 0 Å². The standard InChI is InChI=1S/C13H25N/c1-3-4-9-14-10-11(2)12-7-5-6-8-13(12)14/h11-13H,3-10H2,1-2H3.